The summed E-state index contributed by atoms with van der Waals surface area (Å²) in [5.41, 5.74) is 1.84. The lowest BCUT2D eigenvalue weighted by atomic mass is 9.98. The van der Waals surface area contributed by atoms with Gasteiger partial charge in [-0.25, -0.2) is 0 Å². The average molecular weight is 197 g/mol. The van der Waals surface area contributed by atoms with Crippen LogP contribution in [0.3, 0.4) is 0 Å². The molecule has 0 spiro atoms. The Bertz CT molecular complexity index is 529. The van der Waals surface area contributed by atoms with Gasteiger partial charge in [-0.3, -0.25) is 4.98 Å². The van der Waals surface area contributed by atoms with Gasteiger partial charge in [0.2, 0.25) is 0 Å². The monoisotopic (exact) mass is 197 g/mol. The summed E-state index contributed by atoms with van der Waals surface area (Å²) in [4.78, 5) is 15.4. The van der Waals surface area contributed by atoms with E-state index in [0.717, 1.165) is 35.6 Å². The lowest BCUT2D eigenvalue weighted by Crippen LogP contribution is -2.07. The molecule has 15 heavy (non-hydrogen) atoms. The van der Waals surface area contributed by atoms with Crippen LogP contribution in [-0.2, 0) is 10.2 Å². The van der Waals surface area contributed by atoms with Crippen LogP contribution in [0.1, 0.15) is 18.4 Å². The van der Waals surface area contributed by atoms with E-state index in [1.165, 1.54) is 0 Å². The van der Waals surface area contributed by atoms with Crippen LogP contribution in [0.4, 0.5) is 0 Å². The first-order chi connectivity index (χ1) is 7.34. The third-order valence-corrected chi connectivity index (χ3v) is 3.18. The van der Waals surface area contributed by atoms with Crippen molar-refractivity contribution < 1.29 is 4.79 Å². The Morgan fingerprint density at radius 1 is 1.27 bits per heavy atom. The van der Waals surface area contributed by atoms with E-state index in [0.29, 0.717) is 0 Å². The fourth-order valence-corrected chi connectivity index (χ4v) is 1.95. The topological polar surface area (TPSA) is 30.0 Å². The maximum absolute atomic E-state index is 11.0. The van der Waals surface area contributed by atoms with E-state index in [1.807, 2.05) is 30.5 Å². The van der Waals surface area contributed by atoms with Crippen molar-refractivity contribution in [2.75, 3.05) is 0 Å². The van der Waals surface area contributed by atoms with Crippen LogP contribution in [0.2, 0.25) is 0 Å². The standard InChI is InChI=1S/C13H11NO/c15-9-13(5-6-13)11-7-10-3-1-2-4-12(10)14-8-11/h1-4,7-9H,5-6H2. The third-order valence-electron chi connectivity index (χ3n) is 3.18. The number of aromatic nitrogens is 1. The zero-order chi connectivity index (χ0) is 10.3. The van der Waals surface area contributed by atoms with Gasteiger partial charge >= 0.3 is 0 Å². The summed E-state index contributed by atoms with van der Waals surface area (Å²) in [6.07, 6.45) is 4.84. The highest BCUT2D eigenvalue weighted by Crippen LogP contribution is 2.46. The number of benzene rings is 1. The second kappa shape index (κ2) is 2.89. The Morgan fingerprint density at radius 3 is 2.80 bits per heavy atom. The van der Waals surface area contributed by atoms with Crippen LogP contribution in [0.15, 0.2) is 36.5 Å². The molecule has 0 unspecified atom stereocenters. The van der Waals surface area contributed by atoms with Crippen LogP contribution < -0.4 is 0 Å². The molecule has 2 heteroatoms. The maximum atomic E-state index is 11.0. The minimum atomic E-state index is -0.211. The molecule has 0 amide bonds. The van der Waals surface area contributed by atoms with Gasteiger partial charge in [-0.05, 0) is 30.5 Å². The highest BCUT2D eigenvalue weighted by atomic mass is 16.1. The van der Waals surface area contributed by atoms with Gasteiger partial charge in [0.25, 0.3) is 0 Å². The van der Waals surface area contributed by atoms with Crippen molar-refractivity contribution in [3.05, 3.63) is 42.1 Å². The molecule has 0 bridgehead atoms. The molecule has 1 fully saturated rings. The summed E-state index contributed by atoms with van der Waals surface area (Å²) < 4.78 is 0. The number of pyridine rings is 1. The number of para-hydroxylation sites is 1. The van der Waals surface area contributed by atoms with Crippen LogP contribution in [-0.4, -0.2) is 11.3 Å². The minimum absolute atomic E-state index is 0.211. The Hall–Kier alpha value is -1.70. The number of rotatable bonds is 2. The smallest absolute Gasteiger partial charge is 0.130 e. The van der Waals surface area contributed by atoms with Gasteiger partial charge in [0.1, 0.15) is 6.29 Å². The van der Waals surface area contributed by atoms with E-state index in [4.69, 9.17) is 0 Å². The van der Waals surface area contributed by atoms with Gasteiger partial charge in [-0.2, -0.15) is 0 Å². The molecule has 1 aliphatic rings. The van der Waals surface area contributed by atoms with E-state index in [1.54, 1.807) is 0 Å². The third kappa shape index (κ3) is 1.25. The number of fused-ring (bicyclic) bond motifs is 1. The Balaban J connectivity index is 2.18. The van der Waals surface area contributed by atoms with Crippen molar-refractivity contribution in [3.63, 3.8) is 0 Å². The van der Waals surface area contributed by atoms with E-state index in [2.05, 4.69) is 11.1 Å². The van der Waals surface area contributed by atoms with Crippen molar-refractivity contribution in [1.29, 1.82) is 0 Å². The molecule has 1 heterocycles. The molecule has 3 rings (SSSR count). The van der Waals surface area contributed by atoms with Crippen LogP contribution in [0.25, 0.3) is 10.9 Å². The van der Waals surface area contributed by atoms with E-state index in [-0.39, 0.29) is 5.41 Å². The molecule has 1 aromatic carbocycles. The SMILES string of the molecule is O=CC1(c2cnc3ccccc3c2)CC1. The average Bonchev–Trinajstić information content (AvgIpc) is 3.09. The first-order valence-corrected chi connectivity index (χ1v) is 5.16. The summed E-state index contributed by atoms with van der Waals surface area (Å²) in [7, 11) is 0. The molecule has 1 aliphatic carbocycles. The highest BCUT2D eigenvalue weighted by Gasteiger charge is 2.44. The van der Waals surface area contributed by atoms with Gasteiger partial charge in [-0.1, -0.05) is 18.2 Å². The second-order valence-electron chi connectivity index (χ2n) is 4.19. The number of hydrogen-bond acceptors (Lipinski definition) is 2. The molecule has 0 saturated heterocycles. The van der Waals surface area contributed by atoms with Gasteiger partial charge in [0.05, 0.1) is 10.9 Å². The first kappa shape index (κ1) is 8.60. The fraction of sp³-hybridized carbons (Fsp3) is 0.231. The Morgan fingerprint density at radius 2 is 2.07 bits per heavy atom. The van der Waals surface area contributed by atoms with Crippen LogP contribution in [0.5, 0.6) is 0 Å². The normalized spacial score (nSPS) is 17.6. The maximum Gasteiger partial charge on any atom is 0.130 e. The molecule has 2 nitrogen and oxygen atoms in total. The van der Waals surface area contributed by atoms with E-state index >= 15 is 0 Å². The van der Waals surface area contributed by atoms with Gasteiger partial charge < -0.3 is 4.79 Å². The molecular weight excluding hydrogens is 186 g/mol. The second-order valence-corrected chi connectivity index (χ2v) is 4.19. The minimum Gasteiger partial charge on any atom is -0.302 e. The van der Waals surface area contributed by atoms with Gasteiger partial charge in [0, 0.05) is 11.6 Å². The van der Waals surface area contributed by atoms with Crippen LogP contribution in [0, 0.1) is 0 Å². The van der Waals surface area contributed by atoms with Crippen molar-refractivity contribution in [3.8, 4) is 0 Å². The van der Waals surface area contributed by atoms with Crippen molar-refractivity contribution in [2.24, 2.45) is 0 Å². The summed E-state index contributed by atoms with van der Waals surface area (Å²) in [6, 6.07) is 10.1. The van der Waals surface area contributed by atoms with Gasteiger partial charge in [0.15, 0.2) is 0 Å². The zero-order valence-electron chi connectivity index (χ0n) is 8.31. The molecule has 1 saturated carbocycles. The Kier molecular flexibility index (Phi) is 1.66. The van der Waals surface area contributed by atoms with Crippen LogP contribution >= 0.6 is 0 Å². The number of aldehydes is 1. The van der Waals surface area contributed by atoms with E-state index in [9.17, 15) is 4.79 Å². The van der Waals surface area contributed by atoms with Crippen molar-refractivity contribution >= 4 is 17.2 Å². The molecule has 74 valence electrons. The quantitative estimate of drug-likeness (QED) is 0.692. The lowest BCUT2D eigenvalue weighted by Gasteiger charge is -2.07. The summed E-state index contributed by atoms with van der Waals surface area (Å²) in [5, 5.41) is 1.11. The largest absolute Gasteiger partial charge is 0.302 e. The zero-order valence-corrected chi connectivity index (χ0v) is 8.31. The lowest BCUT2D eigenvalue weighted by molar-refractivity contribution is -0.109. The van der Waals surface area contributed by atoms with Crippen molar-refractivity contribution in [1.82, 2.24) is 4.98 Å². The molecule has 1 aromatic heterocycles. The van der Waals surface area contributed by atoms with E-state index < -0.39 is 0 Å². The number of hydrogen-bond donors (Lipinski definition) is 0. The predicted octanol–water partition coefficient (Wildman–Crippen LogP) is 2.47. The molecule has 0 N–H and O–H groups in total. The number of carbonyl (C=O) groups excluding carboxylic acids is 1. The first-order valence-electron chi connectivity index (χ1n) is 5.16. The molecule has 0 radical (unpaired) electrons. The number of carbonyl (C=O) groups is 1. The summed E-state index contributed by atoms with van der Waals surface area (Å²) >= 11 is 0. The summed E-state index contributed by atoms with van der Waals surface area (Å²) in [6.45, 7) is 0. The highest BCUT2D eigenvalue weighted by molar-refractivity contribution is 5.82. The fourth-order valence-electron chi connectivity index (χ4n) is 1.95. The molecular formula is C13H11NO. The summed E-state index contributed by atoms with van der Waals surface area (Å²) in [5.74, 6) is 0. The Labute approximate surface area is 87.9 Å². The van der Waals surface area contributed by atoms with Crippen molar-refractivity contribution in [2.45, 2.75) is 18.3 Å². The predicted molar refractivity (Wildman–Crippen MR) is 58.7 cm³/mol. The molecule has 0 atom stereocenters. The number of nitrogens with zero attached hydrogens (tertiary/aromatic N) is 1. The molecule has 2 aromatic rings. The van der Waals surface area contributed by atoms with Gasteiger partial charge in [-0.15, -0.1) is 0 Å². The molecule has 0 aliphatic heterocycles.